The molecular formula is C21H29N3O2S. The molecule has 146 valence electrons. The quantitative estimate of drug-likeness (QED) is 0.563. The van der Waals surface area contributed by atoms with E-state index in [1.807, 2.05) is 14.0 Å². The zero-order chi connectivity index (χ0) is 19.0. The fourth-order valence-corrected chi connectivity index (χ4v) is 4.12. The summed E-state index contributed by atoms with van der Waals surface area (Å²) >= 11 is 1.71. The van der Waals surface area contributed by atoms with Gasteiger partial charge >= 0.3 is 0 Å². The molecule has 0 saturated carbocycles. The van der Waals surface area contributed by atoms with Crippen LogP contribution in [0.1, 0.15) is 30.9 Å². The number of thiophene rings is 1. The van der Waals surface area contributed by atoms with Gasteiger partial charge in [-0.3, -0.25) is 4.99 Å². The van der Waals surface area contributed by atoms with Gasteiger partial charge in [-0.05, 0) is 59.9 Å². The molecule has 5 nitrogen and oxygen atoms in total. The van der Waals surface area contributed by atoms with E-state index in [0.717, 1.165) is 50.9 Å². The number of guanidine groups is 1. The van der Waals surface area contributed by atoms with Gasteiger partial charge in [0.05, 0.1) is 6.61 Å². The lowest BCUT2D eigenvalue weighted by atomic mass is 9.74. The van der Waals surface area contributed by atoms with Crippen molar-refractivity contribution in [3.8, 4) is 5.75 Å². The molecule has 1 aliphatic rings. The molecule has 3 rings (SSSR count). The first-order chi connectivity index (χ1) is 13.3. The topological polar surface area (TPSA) is 54.9 Å². The van der Waals surface area contributed by atoms with Gasteiger partial charge in [-0.15, -0.1) is 0 Å². The van der Waals surface area contributed by atoms with Gasteiger partial charge in [0, 0.05) is 38.8 Å². The van der Waals surface area contributed by atoms with Crippen LogP contribution in [0.2, 0.25) is 0 Å². The van der Waals surface area contributed by atoms with Crippen molar-refractivity contribution in [1.29, 1.82) is 0 Å². The Morgan fingerprint density at radius 2 is 1.96 bits per heavy atom. The molecule has 2 heterocycles. The summed E-state index contributed by atoms with van der Waals surface area (Å²) in [6.07, 6.45) is 1.99. The summed E-state index contributed by atoms with van der Waals surface area (Å²) in [6, 6.07) is 10.7. The molecule has 6 heteroatoms. The van der Waals surface area contributed by atoms with Crippen LogP contribution in [-0.2, 0) is 16.7 Å². The molecule has 1 aromatic carbocycles. The Morgan fingerprint density at radius 1 is 1.19 bits per heavy atom. The van der Waals surface area contributed by atoms with Crippen molar-refractivity contribution in [1.82, 2.24) is 10.6 Å². The monoisotopic (exact) mass is 387 g/mol. The molecule has 0 spiro atoms. The van der Waals surface area contributed by atoms with Crippen molar-refractivity contribution >= 4 is 17.3 Å². The molecule has 1 fully saturated rings. The first kappa shape index (κ1) is 19.7. The number of benzene rings is 1. The Labute approximate surface area is 165 Å². The second-order valence-corrected chi connectivity index (χ2v) is 7.54. The van der Waals surface area contributed by atoms with Gasteiger partial charge in [0.2, 0.25) is 0 Å². The fraction of sp³-hybridized carbons (Fsp3) is 0.476. The van der Waals surface area contributed by atoms with Gasteiger partial charge < -0.3 is 20.1 Å². The maximum absolute atomic E-state index is 5.64. The van der Waals surface area contributed by atoms with E-state index in [-0.39, 0.29) is 5.41 Å². The molecule has 2 aromatic rings. The predicted octanol–water partition coefficient (Wildman–Crippen LogP) is 3.56. The van der Waals surface area contributed by atoms with Crippen molar-refractivity contribution < 1.29 is 9.47 Å². The summed E-state index contributed by atoms with van der Waals surface area (Å²) in [5.74, 6) is 1.75. The highest BCUT2D eigenvalue weighted by Crippen LogP contribution is 2.35. The highest BCUT2D eigenvalue weighted by Gasteiger charge is 2.34. The summed E-state index contributed by atoms with van der Waals surface area (Å²) in [5.41, 5.74) is 2.65. The van der Waals surface area contributed by atoms with Crippen LogP contribution in [0.3, 0.4) is 0 Å². The van der Waals surface area contributed by atoms with Crippen LogP contribution < -0.4 is 15.4 Å². The van der Waals surface area contributed by atoms with Crippen LogP contribution in [0, 0.1) is 0 Å². The number of rotatable bonds is 7. The zero-order valence-electron chi connectivity index (χ0n) is 16.2. The number of hydrogen-bond acceptors (Lipinski definition) is 4. The maximum atomic E-state index is 5.64. The third-order valence-corrected chi connectivity index (χ3v) is 5.82. The minimum absolute atomic E-state index is 0.0446. The van der Waals surface area contributed by atoms with Gasteiger partial charge in [-0.1, -0.05) is 12.1 Å². The Bertz CT molecular complexity index is 708. The number of hydrogen-bond donors (Lipinski definition) is 2. The Morgan fingerprint density at radius 3 is 2.59 bits per heavy atom. The van der Waals surface area contributed by atoms with Crippen LogP contribution >= 0.6 is 11.3 Å². The van der Waals surface area contributed by atoms with Crippen LogP contribution in [-0.4, -0.2) is 39.4 Å². The van der Waals surface area contributed by atoms with Crippen molar-refractivity contribution in [3.63, 3.8) is 0 Å². The predicted molar refractivity (Wildman–Crippen MR) is 112 cm³/mol. The summed E-state index contributed by atoms with van der Waals surface area (Å²) in [4.78, 5) is 4.38. The second kappa shape index (κ2) is 9.76. The third-order valence-electron chi connectivity index (χ3n) is 5.09. The Balaban J connectivity index is 1.66. The highest BCUT2D eigenvalue weighted by atomic mass is 32.1. The third kappa shape index (κ3) is 5.23. The Kier molecular flexibility index (Phi) is 7.12. The standard InChI is InChI=1S/C21H29N3O2S/c1-3-26-19-6-4-18(5-7-19)21(9-11-25-12-10-21)16-24-20(22-2)23-14-17-8-13-27-15-17/h4-8,13,15H,3,9-12,14,16H2,1-2H3,(H2,22,23,24). The van der Waals surface area contributed by atoms with Gasteiger partial charge in [-0.25, -0.2) is 0 Å². The maximum Gasteiger partial charge on any atom is 0.191 e. The molecule has 0 aliphatic carbocycles. The number of aliphatic imine (C=N–C) groups is 1. The first-order valence-electron chi connectivity index (χ1n) is 9.52. The average molecular weight is 388 g/mol. The number of nitrogens with one attached hydrogen (secondary N) is 2. The molecule has 1 aromatic heterocycles. The van der Waals surface area contributed by atoms with Crippen molar-refractivity contribution in [2.75, 3.05) is 33.4 Å². The first-order valence-corrected chi connectivity index (χ1v) is 10.5. The van der Waals surface area contributed by atoms with Crippen LogP contribution in [0.15, 0.2) is 46.1 Å². The summed E-state index contributed by atoms with van der Waals surface area (Å²) < 4.78 is 11.2. The SMILES string of the molecule is CCOc1ccc(C2(CNC(=NC)NCc3ccsc3)CCOCC2)cc1. The lowest BCUT2D eigenvalue weighted by molar-refractivity contribution is 0.0513. The molecule has 0 radical (unpaired) electrons. The average Bonchev–Trinajstić information content (AvgIpc) is 3.23. The van der Waals surface area contributed by atoms with Gasteiger partial charge in [-0.2, -0.15) is 11.3 Å². The van der Waals surface area contributed by atoms with Gasteiger partial charge in [0.1, 0.15) is 5.75 Å². The molecule has 0 atom stereocenters. The normalized spacial score (nSPS) is 16.7. The molecule has 27 heavy (non-hydrogen) atoms. The highest BCUT2D eigenvalue weighted by molar-refractivity contribution is 7.07. The lowest BCUT2D eigenvalue weighted by Gasteiger charge is -2.38. The molecule has 0 unspecified atom stereocenters. The van der Waals surface area contributed by atoms with Crippen molar-refractivity contribution in [2.24, 2.45) is 4.99 Å². The van der Waals surface area contributed by atoms with E-state index in [2.05, 4.69) is 56.7 Å². The fourth-order valence-electron chi connectivity index (χ4n) is 3.45. The molecular weight excluding hydrogens is 358 g/mol. The molecule has 1 aliphatic heterocycles. The Hall–Kier alpha value is -2.05. The van der Waals surface area contributed by atoms with E-state index < -0.39 is 0 Å². The minimum atomic E-state index is 0.0446. The largest absolute Gasteiger partial charge is 0.494 e. The van der Waals surface area contributed by atoms with Crippen molar-refractivity contribution in [2.45, 2.75) is 31.7 Å². The van der Waals surface area contributed by atoms with Crippen LogP contribution in [0.4, 0.5) is 0 Å². The number of nitrogens with zero attached hydrogens (tertiary/aromatic N) is 1. The zero-order valence-corrected chi connectivity index (χ0v) is 17.0. The summed E-state index contributed by atoms with van der Waals surface area (Å²) in [7, 11) is 1.82. The van der Waals surface area contributed by atoms with E-state index in [1.54, 1.807) is 11.3 Å². The molecule has 2 N–H and O–H groups in total. The van der Waals surface area contributed by atoms with Crippen LogP contribution in [0.5, 0.6) is 5.75 Å². The van der Waals surface area contributed by atoms with E-state index in [4.69, 9.17) is 9.47 Å². The van der Waals surface area contributed by atoms with E-state index in [9.17, 15) is 0 Å². The van der Waals surface area contributed by atoms with E-state index in [1.165, 1.54) is 11.1 Å². The van der Waals surface area contributed by atoms with Crippen LogP contribution in [0.25, 0.3) is 0 Å². The summed E-state index contributed by atoms with van der Waals surface area (Å²) in [5, 5.41) is 11.2. The van der Waals surface area contributed by atoms with E-state index in [0.29, 0.717) is 6.61 Å². The summed E-state index contributed by atoms with van der Waals surface area (Å²) in [6.45, 7) is 5.88. The second-order valence-electron chi connectivity index (χ2n) is 6.76. The van der Waals surface area contributed by atoms with Gasteiger partial charge in [0.25, 0.3) is 0 Å². The van der Waals surface area contributed by atoms with Crippen molar-refractivity contribution in [3.05, 3.63) is 52.2 Å². The smallest absolute Gasteiger partial charge is 0.191 e. The number of ether oxygens (including phenoxy) is 2. The minimum Gasteiger partial charge on any atom is -0.494 e. The lowest BCUT2D eigenvalue weighted by Crippen LogP contribution is -2.47. The molecule has 0 amide bonds. The molecule has 1 saturated heterocycles. The van der Waals surface area contributed by atoms with E-state index >= 15 is 0 Å². The van der Waals surface area contributed by atoms with Gasteiger partial charge in [0.15, 0.2) is 5.96 Å². The molecule has 0 bridgehead atoms.